The van der Waals surface area contributed by atoms with E-state index in [0.717, 1.165) is 16.8 Å². The van der Waals surface area contributed by atoms with Crippen LogP contribution in [0.1, 0.15) is 27.0 Å². The van der Waals surface area contributed by atoms with E-state index < -0.39 is 11.3 Å². The molecule has 2 amide bonds. The molecule has 1 unspecified atom stereocenters. The van der Waals surface area contributed by atoms with Crippen LogP contribution >= 0.6 is 11.8 Å². The monoisotopic (exact) mass is 450 g/mol. The molecule has 2 N–H and O–H groups in total. The van der Waals surface area contributed by atoms with Gasteiger partial charge in [0.05, 0.1) is 16.4 Å². The van der Waals surface area contributed by atoms with Crippen molar-refractivity contribution in [2.45, 2.75) is 19.3 Å². The summed E-state index contributed by atoms with van der Waals surface area (Å²) in [6, 6.07) is 14.8. The van der Waals surface area contributed by atoms with E-state index in [1.165, 1.54) is 30.0 Å². The smallest absolute Gasteiger partial charge is 0.325 e. The highest BCUT2D eigenvalue weighted by molar-refractivity contribution is 7.99. The largest absolute Gasteiger partial charge is 0.352 e. The van der Waals surface area contributed by atoms with Gasteiger partial charge in [0.25, 0.3) is 11.4 Å². The maximum absolute atomic E-state index is 13.4. The zero-order valence-corrected chi connectivity index (χ0v) is 18.3. The lowest BCUT2D eigenvalue weighted by Crippen LogP contribution is -2.36. The van der Waals surface area contributed by atoms with Gasteiger partial charge in [-0.2, -0.15) is 4.57 Å². The number of amides is 2. The molecule has 0 saturated heterocycles. The molecule has 0 saturated carbocycles. The second-order valence-corrected chi connectivity index (χ2v) is 8.41. The SMILES string of the molecule is Cc1ccc(NC(=O)CSC2N=Nc3ccc(C(=O)Nc4cccc(F)c4)c[n+]32)c(C)c1. The van der Waals surface area contributed by atoms with E-state index in [9.17, 15) is 14.0 Å². The van der Waals surface area contributed by atoms with Crippen LogP contribution in [0.15, 0.2) is 71.0 Å². The van der Waals surface area contributed by atoms with Gasteiger partial charge in [0.1, 0.15) is 12.0 Å². The zero-order valence-electron chi connectivity index (χ0n) is 17.5. The Labute approximate surface area is 188 Å². The van der Waals surface area contributed by atoms with E-state index >= 15 is 0 Å². The van der Waals surface area contributed by atoms with Gasteiger partial charge >= 0.3 is 5.82 Å². The van der Waals surface area contributed by atoms with Crippen LogP contribution in [0.3, 0.4) is 0 Å². The van der Waals surface area contributed by atoms with Gasteiger partial charge in [-0.05, 0) is 54.9 Å². The molecule has 1 atom stereocenters. The summed E-state index contributed by atoms with van der Waals surface area (Å²) in [5.74, 6) is -0.206. The molecule has 2 heterocycles. The summed E-state index contributed by atoms with van der Waals surface area (Å²) in [6.45, 7) is 3.95. The number of hydrogen-bond donors (Lipinski definition) is 2. The van der Waals surface area contributed by atoms with Crippen LogP contribution in [0.2, 0.25) is 0 Å². The first-order valence-corrected chi connectivity index (χ1v) is 11.0. The topological polar surface area (TPSA) is 86.8 Å². The third-order valence-corrected chi connectivity index (χ3v) is 5.86. The molecule has 0 fully saturated rings. The Morgan fingerprint density at radius 3 is 2.72 bits per heavy atom. The Hall–Kier alpha value is -3.59. The maximum atomic E-state index is 13.4. The number of nitrogens with one attached hydrogen (secondary N) is 2. The van der Waals surface area contributed by atoms with Crippen LogP contribution < -0.4 is 15.2 Å². The van der Waals surface area contributed by atoms with Gasteiger partial charge in [-0.1, -0.05) is 35.5 Å². The summed E-state index contributed by atoms with van der Waals surface area (Å²) >= 11 is 1.30. The first kappa shape index (κ1) is 21.6. The number of fused-ring (bicyclic) bond motifs is 1. The standard InChI is InChI=1S/C23H20FN5O2S/c1-14-6-8-19(15(2)10-14)26-21(30)13-32-23-28-27-20-9-7-16(12-29(20)23)22(31)25-18-5-3-4-17(24)11-18/h3-12,23H,13H2,1-2H3,(H-,25,26,30,31)/p+1. The number of anilines is 2. The van der Waals surface area contributed by atoms with Gasteiger partial charge in [-0.15, -0.1) is 0 Å². The van der Waals surface area contributed by atoms with Gasteiger partial charge < -0.3 is 10.6 Å². The second kappa shape index (κ2) is 9.27. The summed E-state index contributed by atoms with van der Waals surface area (Å²) in [5, 5.41) is 13.9. The number of aryl methyl sites for hydroxylation is 2. The van der Waals surface area contributed by atoms with Gasteiger partial charge in [0.2, 0.25) is 5.91 Å². The molecular weight excluding hydrogens is 429 g/mol. The van der Waals surface area contributed by atoms with Crippen molar-refractivity contribution in [3.63, 3.8) is 0 Å². The van der Waals surface area contributed by atoms with Crippen molar-refractivity contribution >= 4 is 40.8 Å². The highest BCUT2D eigenvalue weighted by atomic mass is 32.2. The molecule has 0 spiro atoms. The molecule has 1 aliphatic heterocycles. The molecule has 1 aromatic heterocycles. The number of aromatic nitrogens is 1. The van der Waals surface area contributed by atoms with Crippen LogP contribution in [-0.2, 0) is 4.79 Å². The van der Waals surface area contributed by atoms with Gasteiger partial charge in [-0.3, -0.25) is 9.59 Å². The van der Waals surface area contributed by atoms with Crippen molar-refractivity contribution in [1.29, 1.82) is 0 Å². The maximum Gasteiger partial charge on any atom is 0.352 e. The van der Waals surface area contributed by atoms with E-state index in [-0.39, 0.29) is 17.6 Å². The lowest BCUT2D eigenvalue weighted by Gasteiger charge is -2.10. The number of halogens is 1. The number of thioether (sulfide) groups is 1. The summed E-state index contributed by atoms with van der Waals surface area (Å²) in [7, 11) is 0. The number of azo groups is 1. The number of rotatable bonds is 6. The van der Waals surface area contributed by atoms with Crippen LogP contribution in [-0.4, -0.2) is 17.6 Å². The van der Waals surface area contributed by atoms with Gasteiger partial charge in [0.15, 0.2) is 0 Å². The van der Waals surface area contributed by atoms with Crippen LogP contribution in [0.5, 0.6) is 0 Å². The van der Waals surface area contributed by atoms with E-state index in [1.54, 1.807) is 29.0 Å². The first-order chi connectivity index (χ1) is 15.4. The minimum Gasteiger partial charge on any atom is -0.325 e. The minimum absolute atomic E-state index is 0.147. The highest BCUT2D eigenvalue weighted by Gasteiger charge is 2.30. The average Bonchev–Trinajstić information content (AvgIpc) is 3.16. The molecule has 0 radical (unpaired) electrons. The predicted molar refractivity (Wildman–Crippen MR) is 122 cm³/mol. The molecule has 0 aliphatic carbocycles. The van der Waals surface area contributed by atoms with Crippen molar-refractivity contribution in [1.82, 2.24) is 0 Å². The fraction of sp³-hybridized carbons (Fsp3) is 0.174. The zero-order chi connectivity index (χ0) is 22.7. The molecule has 0 bridgehead atoms. The third-order valence-electron chi connectivity index (χ3n) is 4.82. The van der Waals surface area contributed by atoms with Crippen molar-refractivity contribution in [3.05, 3.63) is 83.3 Å². The number of pyridine rings is 1. The number of carbonyl (C=O) groups is 2. The molecule has 1 aliphatic rings. The summed E-state index contributed by atoms with van der Waals surface area (Å²) in [5.41, 5.74) is 3.18. The highest BCUT2D eigenvalue weighted by Crippen LogP contribution is 2.29. The fourth-order valence-corrected chi connectivity index (χ4v) is 4.06. The third kappa shape index (κ3) is 5.00. The molecule has 7 nitrogen and oxygen atoms in total. The van der Waals surface area contributed by atoms with Crippen molar-refractivity contribution < 1.29 is 18.5 Å². The van der Waals surface area contributed by atoms with Crippen LogP contribution in [0, 0.1) is 19.7 Å². The lowest BCUT2D eigenvalue weighted by molar-refractivity contribution is -0.678. The molecular formula is C23H21FN5O2S+. The lowest BCUT2D eigenvalue weighted by atomic mass is 10.1. The van der Waals surface area contributed by atoms with E-state index in [2.05, 4.69) is 20.9 Å². The summed E-state index contributed by atoms with van der Waals surface area (Å²) in [6.07, 6.45) is 1.63. The van der Waals surface area contributed by atoms with Gasteiger partial charge in [-0.25, -0.2) is 4.39 Å². The Balaban J connectivity index is 1.40. The minimum atomic E-state index is -0.461. The normalized spacial score (nSPS) is 14.2. The van der Waals surface area contributed by atoms with Gasteiger partial charge in [0, 0.05) is 17.4 Å². The summed E-state index contributed by atoms with van der Waals surface area (Å²) < 4.78 is 15.1. The molecule has 3 aromatic rings. The van der Waals surface area contributed by atoms with E-state index in [4.69, 9.17) is 0 Å². The Bertz CT molecular complexity index is 1230. The number of carbonyl (C=O) groups excluding carboxylic acids is 2. The van der Waals surface area contributed by atoms with E-state index in [1.807, 2.05) is 32.0 Å². The Morgan fingerprint density at radius 1 is 1.09 bits per heavy atom. The fourth-order valence-electron chi connectivity index (χ4n) is 3.24. The molecule has 2 aromatic carbocycles. The number of hydrogen-bond acceptors (Lipinski definition) is 5. The molecule has 4 rings (SSSR count). The number of nitrogens with zero attached hydrogens (tertiary/aromatic N) is 3. The van der Waals surface area contributed by atoms with Crippen LogP contribution in [0.25, 0.3) is 0 Å². The average molecular weight is 451 g/mol. The Morgan fingerprint density at radius 2 is 1.94 bits per heavy atom. The second-order valence-electron chi connectivity index (χ2n) is 7.37. The Kier molecular flexibility index (Phi) is 6.27. The van der Waals surface area contributed by atoms with E-state index in [0.29, 0.717) is 17.1 Å². The summed E-state index contributed by atoms with van der Waals surface area (Å²) in [4.78, 5) is 25.0. The number of benzene rings is 2. The van der Waals surface area contributed by atoms with Crippen molar-refractivity contribution in [2.24, 2.45) is 10.2 Å². The molecule has 162 valence electrons. The van der Waals surface area contributed by atoms with Crippen molar-refractivity contribution in [2.75, 3.05) is 16.4 Å². The molecule has 9 heteroatoms. The quantitative estimate of drug-likeness (QED) is 0.523. The van der Waals surface area contributed by atoms with Crippen LogP contribution in [0.4, 0.5) is 21.6 Å². The molecule has 32 heavy (non-hydrogen) atoms. The first-order valence-electron chi connectivity index (χ1n) is 9.91. The predicted octanol–water partition coefficient (Wildman–Crippen LogP) is 4.91. The van der Waals surface area contributed by atoms with Crippen molar-refractivity contribution in [3.8, 4) is 0 Å².